The Hall–Kier alpha value is -1.94. The summed E-state index contributed by atoms with van der Waals surface area (Å²) >= 11 is 0. The Morgan fingerprint density at radius 3 is 2.50 bits per heavy atom. The van der Waals surface area contributed by atoms with Crippen LogP contribution in [0, 0.1) is 5.95 Å². The highest BCUT2D eigenvalue weighted by atomic mass is 19.1. The first-order chi connectivity index (χ1) is 8.64. The number of nitrogens with zero attached hydrogens (tertiary/aromatic N) is 1. The van der Waals surface area contributed by atoms with Crippen LogP contribution in [0.5, 0.6) is 0 Å². The number of aromatic nitrogens is 1. The molecule has 0 aliphatic carbocycles. The first kappa shape index (κ1) is 12.5. The fraction of sp³-hybridized carbons (Fsp3) is 0.214. The van der Waals surface area contributed by atoms with Crippen molar-refractivity contribution in [3.63, 3.8) is 0 Å². The van der Waals surface area contributed by atoms with E-state index in [1.165, 1.54) is 6.07 Å². The Morgan fingerprint density at radius 1 is 1.17 bits per heavy atom. The summed E-state index contributed by atoms with van der Waals surface area (Å²) in [5.41, 5.74) is 0.223. The van der Waals surface area contributed by atoms with Crippen molar-refractivity contribution in [1.29, 1.82) is 0 Å². The van der Waals surface area contributed by atoms with E-state index in [0.717, 1.165) is 5.56 Å². The van der Waals surface area contributed by atoms with Crippen LogP contribution in [0.4, 0.5) is 10.2 Å². The van der Waals surface area contributed by atoms with E-state index < -0.39 is 11.5 Å². The van der Waals surface area contributed by atoms with Gasteiger partial charge in [-0.1, -0.05) is 36.4 Å². The van der Waals surface area contributed by atoms with Gasteiger partial charge in [-0.2, -0.15) is 4.39 Å². The molecule has 1 atom stereocenters. The van der Waals surface area contributed by atoms with Gasteiger partial charge in [-0.25, -0.2) is 4.98 Å². The molecule has 3 nitrogen and oxygen atoms in total. The number of nitrogens with one attached hydrogen (secondary N) is 1. The molecule has 0 fully saturated rings. The second kappa shape index (κ2) is 5.14. The summed E-state index contributed by atoms with van der Waals surface area (Å²) in [6.07, 6.45) is 0. The molecule has 2 N–H and O–H groups in total. The summed E-state index contributed by atoms with van der Waals surface area (Å²) in [7, 11) is 0. The van der Waals surface area contributed by atoms with E-state index >= 15 is 0 Å². The lowest BCUT2D eigenvalue weighted by molar-refractivity contribution is 0.223. The molecule has 0 aliphatic rings. The first-order valence-electron chi connectivity index (χ1n) is 5.71. The smallest absolute Gasteiger partial charge is 0.214 e. The van der Waals surface area contributed by atoms with Gasteiger partial charge in [-0.3, -0.25) is 0 Å². The predicted molar refractivity (Wildman–Crippen MR) is 68.7 cm³/mol. The molecule has 0 radical (unpaired) electrons. The average molecular weight is 246 g/mol. The van der Waals surface area contributed by atoms with Crippen LogP contribution in [-0.4, -0.2) is 16.7 Å². The number of aliphatic hydroxyl groups is 1. The lowest BCUT2D eigenvalue weighted by Crippen LogP contribution is -2.36. The topological polar surface area (TPSA) is 45.1 Å². The number of aliphatic hydroxyl groups excluding tert-OH is 1. The van der Waals surface area contributed by atoms with Crippen molar-refractivity contribution < 1.29 is 9.50 Å². The summed E-state index contributed by atoms with van der Waals surface area (Å²) in [6.45, 7) is 1.73. The predicted octanol–water partition coefficient (Wildman–Crippen LogP) is 2.54. The van der Waals surface area contributed by atoms with Crippen LogP contribution in [0.1, 0.15) is 12.5 Å². The molecule has 1 heterocycles. The van der Waals surface area contributed by atoms with Gasteiger partial charge < -0.3 is 10.4 Å². The number of pyridine rings is 1. The van der Waals surface area contributed by atoms with Crippen molar-refractivity contribution in [3.8, 4) is 0 Å². The summed E-state index contributed by atoms with van der Waals surface area (Å²) in [4.78, 5) is 3.74. The van der Waals surface area contributed by atoms with Gasteiger partial charge in [0.2, 0.25) is 5.95 Å². The van der Waals surface area contributed by atoms with Crippen molar-refractivity contribution in [1.82, 2.24) is 4.98 Å². The molecule has 2 aromatic rings. The Balaban J connectivity index is 2.29. The van der Waals surface area contributed by atoms with E-state index in [4.69, 9.17) is 0 Å². The molecule has 1 aromatic heterocycles. The zero-order chi connectivity index (χ0) is 13.0. The summed E-state index contributed by atoms with van der Waals surface area (Å²) < 4.78 is 13.0. The molecule has 0 bridgehead atoms. The Morgan fingerprint density at radius 2 is 1.89 bits per heavy atom. The Bertz CT molecular complexity index is 518. The van der Waals surface area contributed by atoms with Gasteiger partial charge in [0.25, 0.3) is 0 Å². The number of hydrogen-bond donors (Lipinski definition) is 2. The van der Waals surface area contributed by atoms with Gasteiger partial charge in [0.05, 0.1) is 12.1 Å². The molecule has 2 rings (SSSR count). The fourth-order valence-electron chi connectivity index (χ4n) is 1.77. The van der Waals surface area contributed by atoms with Gasteiger partial charge in [0.1, 0.15) is 5.82 Å². The van der Waals surface area contributed by atoms with Gasteiger partial charge in [-0.05, 0) is 24.6 Å². The van der Waals surface area contributed by atoms with Crippen LogP contribution in [0.2, 0.25) is 0 Å². The van der Waals surface area contributed by atoms with E-state index in [0.29, 0.717) is 5.82 Å². The first-order valence-corrected chi connectivity index (χ1v) is 5.71. The number of hydrogen-bond acceptors (Lipinski definition) is 3. The molecule has 94 valence electrons. The van der Waals surface area contributed by atoms with E-state index in [1.54, 1.807) is 12.1 Å². The number of rotatable bonds is 4. The SMILES string of the molecule is CC(CO)(Nc1cccc(F)n1)c1ccccc1. The molecule has 0 saturated heterocycles. The molecule has 18 heavy (non-hydrogen) atoms. The molecule has 1 unspecified atom stereocenters. The third-order valence-electron chi connectivity index (χ3n) is 2.85. The minimum atomic E-state index is -0.692. The van der Waals surface area contributed by atoms with Crippen LogP contribution < -0.4 is 5.32 Å². The maximum absolute atomic E-state index is 13.0. The van der Waals surface area contributed by atoms with Gasteiger partial charge >= 0.3 is 0 Å². The van der Waals surface area contributed by atoms with Crippen LogP contribution in [0.25, 0.3) is 0 Å². The number of benzene rings is 1. The van der Waals surface area contributed by atoms with Crippen molar-refractivity contribution in [2.45, 2.75) is 12.5 Å². The maximum Gasteiger partial charge on any atom is 0.214 e. The highest BCUT2D eigenvalue weighted by molar-refractivity contribution is 5.41. The van der Waals surface area contributed by atoms with Crippen LogP contribution in [0.3, 0.4) is 0 Å². The fourth-order valence-corrected chi connectivity index (χ4v) is 1.77. The normalized spacial score (nSPS) is 13.9. The average Bonchev–Trinajstić information content (AvgIpc) is 2.39. The van der Waals surface area contributed by atoms with E-state index in [1.807, 2.05) is 37.3 Å². The second-order valence-electron chi connectivity index (χ2n) is 4.33. The molecule has 0 amide bonds. The van der Waals surface area contributed by atoms with Gasteiger partial charge in [0.15, 0.2) is 0 Å². The zero-order valence-electron chi connectivity index (χ0n) is 10.1. The molecule has 0 spiro atoms. The number of anilines is 1. The van der Waals surface area contributed by atoms with E-state index in [2.05, 4.69) is 10.3 Å². The minimum absolute atomic E-state index is 0.116. The second-order valence-corrected chi connectivity index (χ2v) is 4.33. The molecular weight excluding hydrogens is 231 g/mol. The van der Waals surface area contributed by atoms with Crippen molar-refractivity contribution in [2.75, 3.05) is 11.9 Å². The van der Waals surface area contributed by atoms with Crippen LogP contribution >= 0.6 is 0 Å². The number of halogens is 1. The lowest BCUT2D eigenvalue weighted by Gasteiger charge is -2.29. The third kappa shape index (κ3) is 2.65. The highest BCUT2D eigenvalue weighted by Crippen LogP contribution is 2.24. The third-order valence-corrected chi connectivity index (χ3v) is 2.85. The largest absolute Gasteiger partial charge is 0.394 e. The van der Waals surface area contributed by atoms with Gasteiger partial charge in [0, 0.05) is 0 Å². The molecular formula is C14H15FN2O. The standard InChI is InChI=1S/C14H15FN2O/c1-14(10-18,11-6-3-2-4-7-11)17-13-9-5-8-12(15)16-13/h2-9,18H,10H2,1H3,(H,16,17). The summed E-state index contributed by atoms with van der Waals surface area (Å²) in [5, 5.41) is 12.6. The van der Waals surface area contributed by atoms with Crippen LogP contribution in [0.15, 0.2) is 48.5 Å². The van der Waals surface area contributed by atoms with E-state index in [9.17, 15) is 9.50 Å². The van der Waals surface area contributed by atoms with Crippen molar-refractivity contribution in [2.24, 2.45) is 0 Å². The monoisotopic (exact) mass is 246 g/mol. The summed E-state index contributed by atoms with van der Waals surface area (Å²) in [5.74, 6) is -0.149. The zero-order valence-corrected chi connectivity index (χ0v) is 10.1. The molecule has 4 heteroatoms. The maximum atomic E-state index is 13.0. The van der Waals surface area contributed by atoms with Crippen molar-refractivity contribution >= 4 is 5.82 Å². The molecule has 1 aromatic carbocycles. The Labute approximate surface area is 105 Å². The van der Waals surface area contributed by atoms with Gasteiger partial charge in [-0.15, -0.1) is 0 Å². The lowest BCUT2D eigenvalue weighted by atomic mass is 9.93. The molecule has 0 saturated carbocycles. The quantitative estimate of drug-likeness (QED) is 0.815. The van der Waals surface area contributed by atoms with Crippen molar-refractivity contribution in [3.05, 3.63) is 60.0 Å². The van der Waals surface area contributed by atoms with E-state index in [-0.39, 0.29) is 6.61 Å². The Kier molecular flexibility index (Phi) is 3.58. The minimum Gasteiger partial charge on any atom is -0.394 e. The van der Waals surface area contributed by atoms with Crippen LogP contribution in [-0.2, 0) is 5.54 Å². The summed E-state index contributed by atoms with van der Waals surface area (Å²) in [6, 6.07) is 14.0. The molecule has 0 aliphatic heterocycles. The highest BCUT2D eigenvalue weighted by Gasteiger charge is 2.25.